The molecule has 0 heterocycles. The molecule has 0 saturated heterocycles. The van der Waals surface area contributed by atoms with Crippen molar-refractivity contribution in [3.8, 4) is 0 Å². The maximum Gasteiger partial charge on any atom is 0.271 e. The van der Waals surface area contributed by atoms with Gasteiger partial charge >= 0.3 is 0 Å². The van der Waals surface area contributed by atoms with Crippen LogP contribution in [0.2, 0.25) is 5.02 Å². The van der Waals surface area contributed by atoms with Crippen LogP contribution < -0.4 is 10.7 Å². The van der Waals surface area contributed by atoms with Crippen LogP contribution in [0.3, 0.4) is 0 Å². The summed E-state index contributed by atoms with van der Waals surface area (Å²) in [4.78, 5) is 24.4. The van der Waals surface area contributed by atoms with Gasteiger partial charge in [0.15, 0.2) is 0 Å². The second-order valence-corrected chi connectivity index (χ2v) is 6.53. The molecule has 0 aliphatic rings. The number of benzene rings is 3. The Kier molecular flexibility index (Phi) is 6.19. The number of carbonyl (C=O) groups excluding carboxylic acids is 2. The van der Waals surface area contributed by atoms with Gasteiger partial charge in [0.05, 0.1) is 6.21 Å². The molecule has 0 aromatic heterocycles. The summed E-state index contributed by atoms with van der Waals surface area (Å²) in [5.74, 6) is -0.565. The summed E-state index contributed by atoms with van der Waals surface area (Å²) in [5, 5.41) is 7.28. The van der Waals surface area contributed by atoms with Crippen LogP contribution in [0, 0.1) is 6.92 Å². The van der Waals surface area contributed by atoms with Crippen molar-refractivity contribution in [2.75, 3.05) is 5.32 Å². The molecule has 0 unspecified atom stereocenters. The van der Waals surface area contributed by atoms with Crippen molar-refractivity contribution < 1.29 is 9.59 Å². The second kappa shape index (κ2) is 8.97. The maximum atomic E-state index is 12.3. The van der Waals surface area contributed by atoms with E-state index in [1.54, 1.807) is 42.5 Å². The highest BCUT2D eigenvalue weighted by Gasteiger charge is 2.08. The Balaban J connectivity index is 1.60. The third-order valence-corrected chi connectivity index (χ3v) is 4.30. The molecule has 0 bridgehead atoms. The Morgan fingerprint density at radius 3 is 2.36 bits per heavy atom. The van der Waals surface area contributed by atoms with Crippen LogP contribution in [0.1, 0.15) is 31.8 Å². The number of nitrogens with one attached hydrogen (secondary N) is 2. The van der Waals surface area contributed by atoms with E-state index in [9.17, 15) is 9.59 Å². The van der Waals surface area contributed by atoms with E-state index < -0.39 is 0 Å². The summed E-state index contributed by atoms with van der Waals surface area (Å²) in [5.41, 5.74) is 5.77. The quantitative estimate of drug-likeness (QED) is 0.490. The first-order valence-corrected chi connectivity index (χ1v) is 8.97. The van der Waals surface area contributed by atoms with E-state index in [1.807, 2.05) is 37.3 Å². The number of hydrogen-bond acceptors (Lipinski definition) is 3. The normalized spacial score (nSPS) is 10.6. The van der Waals surface area contributed by atoms with Crippen molar-refractivity contribution in [3.63, 3.8) is 0 Å². The van der Waals surface area contributed by atoms with Crippen LogP contribution in [0.25, 0.3) is 0 Å². The molecule has 2 N–H and O–H groups in total. The summed E-state index contributed by atoms with van der Waals surface area (Å²) < 4.78 is 0. The fourth-order valence-electron chi connectivity index (χ4n) is 2.50. The van der Waals surface area contributed by atoms with Gasteiger partial charge in [-0.25, -0.2) is 5.43 Å². The monoisotopic (exact) mass is 391 g/mol. The van der Waals surface area contributed by atoms with E-state index in [0.29, 0.717) is 27.4 Å². The Hall–Kier alpha value is -3.44. The molecule has 0 aliphatic heterocycles. The van der Waals surface area contributed by atoms with Crippen molar-refractivity contribution in [1.82, 2.24) is 5.43 Å². The first kappa shape index (κ1) is 19.3. The second-order valence-electron chi connectivity index (χ2n) is 6.12. The SMILES string of the molecule is Cc1cccc(C(=O)Nc2ccc(C(=O)N/N=C/c3ccccc3Cl)cc2)c1. The Labute approximate surface area is 168 Å². The average molecular weight is 392 g/mol. The summed E-state index contributed by atoms with van der Waals surface area (Å²) in [6.45, 7) is 1.93. The Bertz CT molecular complexity index is 1030. The van der Waals surface area contributed by atoms with E-state index in [1.165, 1.54) is 6.21 Å². The molecule has 5 nitrogen and oxygen atoms in total. The summed E-state index contributed by atoms with van der Waals surface area (Å²) in [6, 6.07) is 21.1. The molecule has 140 valence electrons. The summed E-state index contributed by atoms with van der Waals surface area (Å²) in [6.07, 6.45) is 1.48. The van der Waals surface area contributed by atoms with Crippen LogP contribution >= 0.6 is 11.6 Å². The lowest BCUT2D eigenvalue weighted by atomic mass is 10.1. The van der Waals surface area contributed by atoms with E-state index in [0.717, 1.165) is 5.56 Å². The van der Waals surface area contributed by atoms with Crippen LogP contribution in [-0.4, -0.2) is 18.0 Å². The van der Waals surface area contributed by atoms with E-state index in [-0.39, 0.29) is 11.8 Å². The molecule has 3 aromatic carbocycles. The highest BCUT2D eigenvalue weighted by Crippen LogP contribution is 2.13. The molecule has 6 heteroatoms. The molecule has 3 aromatic rings. The smallest absolute Gasteiger partial charge is 0.271 e. The minimum absolute atomic E-state index is 0.203. The average Bonchev–Trinajstić information content (AvgIpc) is 2.70. The highest BCUT2D eigenvalue weighted by molar-refractivity contribution is 6.33. The first-order chi connectivity index (χ1) is 13.5. The molecule has 0 atom stereocenters. The van der Waals surface area contributed by atoms with Crippen LogP contribution in [0.15, 0.2) is 77.9 Å². The van der Waals surface area contributed by atoms with E-state index in [2.05, 4.69) is 15.8 Å². The van der Waals surface area contributed by atoms with Gasteiger partial charge in [0.2, 0.25) is 0 Å². The topological polar surface area (TPSA) is 70.6 Å². The van der Waals surface area contributed by atoms with Gasteiger partial charge in [-0.1, -0.05) is 47.5 Å². The minimum Gasteiger partial charge on any atom is -0.322 e. The van der Waals surface area contributed by atoms with Gasteiger partial charge in [-0.2, -0.15) is 5.10 Å². The lowest BCUT2D eigenvalue weighted by Gasteiger charge is -2.07. The molecular weight excluding hydrogens is 374 g/mol. The zero-order chi connectivity index (χ0) is 19.9. The molecule has 28 heavy (non-hydrogen) atoms. The first-order valence-electron chi connectivity index (χ1n) is 8.59. The number of hydrogen-bond donors (Lipinski definition) is 2. The van der Waals surface area contributed by atoms with Gasteiger partial charge in [-0.3, -0.25) is 9.59 Å². The van der Waals surface area contributed by atoms with Crippen molar-refractivity contribution >= 4 is 35.3 Å². The van der Waals surface area contributed by atoms with Crippen molar-refractivity contribution in [2.24, 2.45) is 5.10 Å². The number of aryl methyl sites for hydroxylation is 1. The number of nitrogens with zero attached hydrogens (tertiary/aromatic N) is 1. The molecule has 0 aliphatic carbocycles. The van der Waals surface area contributed by atoms with Gasteiger partial charge in [-0.15, -0.1) is 0 Å². The fourth-order valence-corrected chi connectivity index (χ4v) is 2.68. The zero-order valence-electron chi connectivity index (χ0n) is 15.1. The van der Waals surface area contributed by atoms with Gasteiger partial charge in [-0.05, 0) is 49.4 Å². The number of halogens is 1. The van der Waals surface area contributed by atoms with Crippen LogP contribution in [-0.2, 0) is 0 Å². The van der Waals surface area contributed by atoms with Crippen LogP contribution in [0.5, 0.6) is 0 Å². The van der Waals surface area contributed by atoms with Gasteiger partial charge in [0.25, 0.3) is 11.8 Å². The standard InChI is InChI=1S/C22H18ClN3O2/c1-15-5-4-7-17(13-15)21(27)25-19-11-9-16(10-12-19)22(28)26-24-14-18-6-2-3-8-20(18)23/h2-14H,1H3,(H,25,27)(H,26,28)/b24-14+. The molecule has 2 amide bonds. The van der Waals surface area contributed by atoms with Crippen LogP contribution in [0.4, 0.5) is 5.69 Å². The lowest BCUT2D eigenvalue weighted by molar-refractivity contribution is 0.0954. The molecule has 0 radical (unpaired) electrons. The molecule has 0 spiro atoms. The predicted octanol–water partition coefficient (Wildman–Crippen LogP) is 4.66. The van der Waals surface area contributed by atoms with Crippen molar-refractivity contribution in [1.29, 1.82) is 0 Å². The van der Waals surface area contributed by atoms with E-state index >= 15 is 0 Å². The van der Waals surface area contributed by atoms with E-state index in [4.69, 9.17) is 11.6 Å². The number of amides is 2. The number of hydrazone groups is 1. The summed E-state index contributed by atoms with van der Waals surface area (Å²) >= 11 is 6.03. The molecule has 0 fully saturated rings. The number of anilines is 1. The zero-order valence-corrected chi connectivity index (χ0v) is 15.9. The van der Waals surface area contributed by atoms with Gasteiger partial charge in [0, 0.05) is 27.4 Å². The highest BCUT2D eigenvalue weighted by atomic mass is 35.5. The van der Waals surface area contributed by atoms with Gasteiger partial charge < -0.3 is 5.32 Å². The van der Waals surface area contributed by atoms with Crippen molar-refractivity contribution in [3.05, 3.63) is 100 Å². The van der Waals surface area contributed by atoms with Crippen molar-refractivity contribution in [2.45, 2.75) is 6.92 Å². The predicted molar refractivity (Wildman–Crippen MR) is 112 cm³/mol. The number of carbonyl (C=O) groups is 2. The molecular formula is C22H18ClN3O2. The third kappa shape index (κ3) is 5.05. The largest absolute Gasteiger partial charge is 0.322 e. The number of rotatable bonds is 5. The Morgan fingerprint density at radius 1 is 0.893 bits per heavy atom. The van der Waals surface area contributed by atoms with Gasteiger partial charge in [0.1, 0.15) is 0 Å². The maximum absolute atomic E-state index is 12.3. The summed E-state index contributed by atoms with van der Waals surface area (Å²) in [7, 11) is 0. The molecule has 3 rings (SSSR count). The lowest BCUT2D eigenvalue weighted by Crippen LogP contribution is -2.18. The third-order valence-electron chi connectivity index (χ3n) is 3.96. The minimum atomic E-state index is -0.361. The molecule has 0 saturated carbocycles. The Morgan fingerprint density at radius 2 is 1.64 bits per heavy atom. The fraction of sp³-hybridized carbons (Fsp3) is 0.0455.